The van der Waals surface area contributed by atoms with Crippen molar-refractivity contribution in [2.45, 2.75) is 128 Å². The van der Waals surface area contributed by atoms with Crippen LogP contribution < -0.4 is 0 Å². The molecule has 6 rings (SSSR count). The first-order valence-electron chi connectivity index (χ1n) is 20.3. The van der Waals surface area contributed by atoms with E-state index < -0.39 is 119 Å². The monoisotopic (exact) mass is 834 g/mol. The Bertz CT molecular complexity index is 2030. The van der Waals surface area contributed by atoms with Crippen molar-refractivity contribution in [2.24, 2.45) is 16.7 Å². The zero-order valence-electron chi connectivity index (χ0n) is 34.9. The van der Waals surface area contributed by atoms with Crippen molar-refractivity contribution >= 4 is 35.6 Å². The van der Waals surface area contributed by atoms with Crippen LogP contribution in [0, 0.1) is 16.7 Å². The first-order chi connectivity index (χ1) is 28.2. The minimum absolute atomic E-state index is 0.0484. The fraction of sp³-hybridized carbons (Fsp3) is 0.556. The number of Topliss-reactive ketones (excluding diaryl/α,β-unsaturated/α-hetero) is 1. The van der Waals surface area contributed by atoms with Gasteiger partial charge in [-0.25, -0.2) is 14.4 Å². The maximum Gasteiger partial charge on any atom is 0.348 e. The van der Waals surface area contributed by atoms with Crippen molar-refractivity contribution < 1.29 is 72.5 Å². The number of benzene rings is 2. The average molecular weight is 835 g/mol. The maximum absolute atomic E-state index is 15.0. The molecule has 324 valence electrons. The molecular weight excluding hydrogens is 780 g/mol. The summed E-state index contributed by atoms with van der Waals surface area (Å²) >= 11 is 0. The quantitative estimate of drug-likeness (QED) is 0.158. The van der Waals surface area contributed by atoms with Crippen LogP contribution in [0.3, 0.4) is 0 Å². The molecule has 0 radical (unpaired) electrons. The van der Waals surface area contributed by atoms with E-state index in [2.05, 4.69) is 0 Å². The molecule has 15 heteroatoms. The lowest BCUT2D eigenvalue weighted by atomic mass is 9.44. The summed E-state index contributed by atoms with van der Waals surface area (Å²) in [5.41, 5.74) is -6.91. The van der Waals surface area contributed by atoms with Crippen LogP contribution in [0.2, 0.25) is 0 Å². The Morgan fingerprint density at radius 3 is 2.15 bits per heavy atom. The van der Waals surface area contributed by atoms with Crippen LogP contribution in [0.1, 0.15) is 96.0 Å². The third-order valence-electron chi connectivity index (χ3n) is 13.3. The number of rotatable bonds is 12. The van der Waals surface area contributed by atoms with E-state index >= 15 is 4.79 Å². The van der Waals surface area contributed by atoms with Crippen LogP contribution >= 0.6 is 0 Å². The Morgan fingerprint density at radius 2 is 1.57 bits per heavy atom. The predicted octanol–water partition coefficient (Wildman–Crippen LogP) is 3.69. The van der Waals surface area contributed by atoms with Gasteiger partial charge >= 0.3 is 29.8 Å². The summed E-state index contributed by atoms with van der Waals surface area (Å²) in [5, 5.41) is 37.6. The number of carbonyl (C=O) groups excluding carboxylic acids is 6. The van der Waals surface area contributed by atoms with Gasteiger partial charge in [0.2, 0.25) is 6.10 Å². The molecule has 1 heterocycles. The number of carbonyl (C=O) groups is 6. The van der Waals surface area contributed by atoms with E-state index in [0.29, 0.717) is 12.0 Å². The molecule has 2 aromatic carbocycles. The van der Waals surface area contributed by atoms with Crippen molar-refractivity contribution in [1.82, 2.24) is 0 Å². The molecule has 2 aromatic rings. The molecular formula is C45H54O15. The smallest absolute Gasteiger partial charge is 0.348 e. The van der Waals surface area contributed by atoms with Crippen LogP contribution in [0.5, 0.6) is 0 Å². The second-order valence-electron chi connectivity index (χ2n) is 17.1. The van der Waals surface area contributed by atoms with Gasteiger partial charge in [0.05, 0.1) is 29.6 Å². The van der Waals surface area contributed by atoms with Gasteiger partial charge in [-0.2, -0.15) is 0 Å². The van der Waals surface area contributed by atoms with Gasteiger partial charge in [0.25, 0.3) is 0 Å². The molecule has 0 amide bonds. The van der Waals surface area contributed by atoms with E-state index in [1.54, 1.807) is 76.2 Å². The number of aliphatic hydroxyl groups excluding tert-OH is 2. The lowest BCUT2D eigenvalue weighted by Gasteiger charge is -2.67. The first-order valence-corrected chi connectivity index (χ1v) is 20.3. The Hall–Kier alpha value is -4.96. The summed E-state index contributed by atoms with van der Waals surface area (Å²) in [6.07, 6.45) is -9.52. The molecule has 15 nitrogen and oxygen atoms in total. The fourth-order valence-electron chi connectivity index (χ4n) is 9.86. The second kappa shape index (κ2) is 16.8. The molecule has 60 heavy (non-hydrogen) atoms. The number of ether oxygens (including phenoxy) is 6. The topological polar surface area (TPSA) is 218 Å². The number of hydrogen-bond donors (Lipinski definition) is 3. The fourth-order valence-corrected chi connectivity index (χ4v) is 9.86. The normalized spacial score (nSPS) is 32.6. The third-order valence-corrected chi connectivity index (χ3v) is 13.3. The van der Waals surface area contributed by atoms with Crippen molar-refractivity contribution in [3.05, 3.63) is 82.9 Å². The largest absolute Gasteiger partial charge is 0.455 e. The summed E-state index contributed by atoms with van der Waals surface area (Å²) in [6.45, 7) is 9.53. The molecule has 11 atom stereocenters. The van der Waals surface area contributed by atoms with E-state index in [9.17, 15) is 39.3 Å². The second-order valence-corrected chi connectivity index (χ2v) is 17.1. The molecule has 3 aliphatic carbocycles. The van der Waals surface area contributed by atoms with Crippen molar-refractivity contribution in [1.29, 1.82) is 0 Å². The van der Waals surface area contributed by atoms with Gasteiger partial charge in [-0.1, -0.05) is 76.2 Å². The number of aliphatic hydroxyl groups is 3. The van der Waals surface area contributed by atoms with E-state index in [4.69, 9.17) is 28.4 Å². The highest BCUT2D eigenvalue weighted by atomic mass is 16.6. The number of ketones is 1. The van der Waals surface area contributed by atoms with Crippen molar-refractivity contribution in [3.63, 3.8) is 0 Å². The number of hydrogen-bond acceptors (Lipinski definition) is 15. The van der Waals surface area contributed by atoms with Gasteiger partial charge in [-0.15, -0.1) is 0 Å². The SMILES string of the molecule is CCCC(=O)OCC(=O)O[C@@H](C(=O)O[C@H]1C[C@]2(O)C(OC(=O)c3ccccc3)[C@H]3[C@](C)(C(=O)[C@H](O)C(=C1C)C2(C)C)[C@@H](O)CC1OC[C@]13OC(C)=O)[C@@H](C)c1ccccc1. The molecule has 0 spiro atoms. The van der Waals surface area contributed by atoms with E-state index in [-0.39, 0.29) is 36.2 Å². The minimum Gasteiger partial charge on any atom is -0.455 e. The van der Waals surface area contributed by atoms with Crippen molar-refractivity contribution in [3.8, 4) is 0 Å². The first kappa shape index (κ1) is 44.6. The van der Waals surface area contributed by atoms with Gasteiger partial charge < -0.3 is 43.7 Å². The summed E-state index contributed by atoms with van der Waals surface area (Å²) in [4.78, 5) is 81.7. The standard InChI is InChI=1S/C45H54O15/c1-8-15-32(48)55-22-33(49)58-36(24(2)27-16-11-9-12-17-27)41(53)57-29-21-45(54)39(59-40(52)28-18-13-10-14-19-28)37-43(7,38(51)35(50)34(25(29)3)42(45,5)6)30(47)20-31-44(37,23-56-31)60-26(4)46/h9-14,16-19,24,29-31,35-37,39,47,50,54H,8,15,20-23H2,1-7H3/t24-,29-,30-,31?,35+,36+,37-,39?,43+,44-,45-/m0/s1. The molecule has 0 aromatic heterocycles. The van der Waals surface area contributed by atoms with Crippen LogP contribution in [-0.2, 0) is 52.4 Å². The van der Waals surface area contributed by atoms with Crippen LogP contribution in [0.25, 0.3) is 0 Å². The summed E-state index contributed by atoms with van der Waals surface area (Å²) in [5.74, 6) is -7.64. The summed E-state index contributed by atoms with van der Waals surface area (Å²) < 4.78 is 35.0. The lowest BCUT2D eigenvalue weighted by molar-refractivity contribution is -0.346. The number of fused-ring (bicyclic) bond motifs is 5. The molecule has 3 N–H and O–H groups in total. The van der Waals surface area contributed by atoms with Crippen molar-refractivity contribution in [2.75, 3.05) is 13.2 Å². The molecule has 2 bridgehead atoms. The summed E-state index contributed by atoms with van der Waals surface area (Å²) in [7, 11) is 0. The summed E-state index contributed by atoms with van der Waals surface area (Å²) in [6, 6.07) is 16.5. The van der Waals surface area contributed by atoms with Crippen LogP contribution in [0.4, 0.5) is 0 Å². The van der Waals surface area contributed by atoms with E-state index in [1.807, 2.05) is 0 Å². The Morgan fingerprint density at radius 1 is 0.933 bits per heavy atom. The van der Waals surface area contributed by atoms with Crippen LogP contribution in [-0.4, -0.2) is 112 Å². The molecule has 1 saturated heterocycles. The van der Waals surface area contributed by atoms with Gasteiger partial charge in [0, 0.05) is 37.5 Å². The highest BCUT2D eigenvalue weighted by Crippen LogP contribution is 2.64. The molecule has 3 fully saturated rings. The molecule has 4 aliphatic rings. The Balaban J connectivity index is 1.48. The molecule has 1 aliphatic heterocycles. The maximum atomic E-state index is 15.0. The Kier molecular flexibility index (Phi) is 12.5. The highest BCUT2D eigenvalue weighted by Gasteiger charge is 2.78. The van der Waals surface area contributed by atoms with Gasteiger partial charge in [0.15, 0.2) is 18.0 Å². The lowest BCUT2D eigenvalue weighted by Crippen LogP contribution is -2.81. The minimum atomic E-state index is -2.35. The van der Waals surface area contributed by atoms with Gasteiger partial charge in [-0.05, 0) is 49.1 Å². The number of esters is 5. The van der Waals surface area contributed by atoms with Gasteiger partial charge in [-0.3, -0.25) is 14.4 Å². The molecule has 2 unspecified atom stereocenters. The third kappa shape index (κ3) is 7.54. The molecule has 2 saturated carbocycles. The van der Waals surface area contributed by atoms with E-state index in [0.717, 1.165) is 6.92 Å². The van der Waals surface area contributed by atoms with E-state index in [1.165, 1.54) is 26.0 Å². The predicted molar refractivity (Wildman–Crippen MR) is 210 cm³/mol. The zero-order chi connectivity index (χ0) is 43.9. The average Bonchev–Trinajstić information content (AvgIpc) is 3.20. The highest BCUT2D eigenvalue weighted by molar-refractivity contribution is 5.94. The van der Waals surface area contributed by atoms with Crippen LogP contribution in [0.15, 0.2) is 71.8 Å². The zero-order valence-corrected chi connectivity index (χ0v) is 34.9. The Labute approximate surface area is 348 Å². The van der Waals surface area contributed by atoms with Gasteiger partial charge in [0.1, 0.15) is 30.0 Å².